The van der Waals surface area contributed by atoms with Gasteiger partial charge in [0, 0.05) is 39.3 Å². The Bertz CT molecular complexity index is 415. The molecule has 1 amide bonds. The molecule has 1 heterocycles. The Labute approximate surface area is 120 Å². The Morgan fingerprint density at radius 1 is 1.25 bits per heavy atom. The third-order valence-electron chi connectivity index (χ3n) is 3.76. The molecular weight excluding hydrogens is 252 g/mol. The van der Waals surface area contributed by atoms with Gasteiger partial charge in [0.25, 0.3) is 0 Å². The lowest BCUT2D eigenvalue weighted by Crippen LogP contribution is -2.47. The number of nitrogens with two attached hydrogens (primary N) is 1. The van der Waals surface area contributed by atoms with Crippen molar-refractivity contribution in [3.05, 3.63) is 35.9 Å². The van der Waals surface area contributed by atoms with Crippen molar-refractivity contribution < 1.29 is 4.79 Å². The van der Waals surface area contributed by atoms with Gasteiger partial charge in [0.1, 0.15) is 6.04 Å². The van der Waals surface area contributed by atoms with Crippen LogP contribution in [0.5, 0.6) is 0 Å². The second-order valence-corrected chi connectivity index (χ2v) is 5.32. The van der Waals surface area contributed by atoms with Crippen molar-refractivity contribution in [2.24, 2.45) is 5.73 Å². The molecule has 0 bridgehead atoms. The molecule has 1 saturated heterocycles. The summed E-state index contributed by atoms with van der Waals surface area (Å²) in [5.74, 6) is -0.106. The normalized spacial score (nSPS) is 18.7. The minimum atomic E-state index is -0.580. The molecule has 0 unspecified atom stereocenters. The van der Waals surface area contributed by atoms with Crippen LogP contribution >= 0.6 is 0 Å². The average Bonchev–Trinajstić information content (AvgIpc) is 2.49. The summed E-state index contributed by atoms with van der Waals surface area (Å²) in [7, 11) is 2.14. The largest absolute Gasteiger partial charge is 0.353 e. The zero-order valence-electron chi connectivity index (χ0n) is 12.1. The van der Waals surface area contributed by atoms with Gasteiger partial charge >= 0.3 is 0 Å². The van der Waals surface area contributed by atoms with E-state index in [0.717, 1.165) is 38.3 Å². The molecule has 0 aromatic heterocycles. The third kappa shape index (κ3) is 4.30. The molecule has 3 N–H and O–H groups in total. The van der Waals surface area contributed by atoms with E-state index in [0.29, 0.717) is 6.54 Å². The number of benzene rings is 1. The number of nitrogens with zero attached hydrogens (tertiary/aromatic N) is 2. The maximum Gasteiger partial charge on any atom is 0.241 e. The van der Waals surface area contributed by atoms with E-state index >= 15 is 0 Å². The number of hydrogen-bond donors (Lipinski definition) is 2. The SMILES string of the molecule is CN1CCN(CCNC(=O)[C@H](N)c2ccccc2)CC1. The number of likely N-dealkylation sites (N-methyl/N-ethyl adjacent to an activating group) is 1. The second kappa shape index (κ2) is 7.38. The number of rotatable bonds is 5. The Hall–Kier alpha value is -1.43. The van der Waals surface area contributed by atoms with Gasteiger partial charge in [-0.2, -0.15) is 0 Å². The monoisotopic (exact) mass is 276 g/mol. The summed E-state index contributed by atoms with van der Waals surface area (Å²) in [6, 6.07) is 8.89. The predicted molar refractivity (Wildman–Crippen MR) is 80.3 cm³/mol. The Morgan fingerprint density at radius 3 is 2.55 bits per heavy atom. The lowest BCUT2D eigenvalue weighted by Gasteiger charge is -2.32. The molecule has 1 aromatic rings. The van der Waals surface area contributed by atoms with E-state index < -0.39 is 6.04 Å². The fraction of sp³-hybridized carbons (Fsp3) is 0.533. The first kappa shape index (κ1) is 15.0. The van der Waals surface area contributed by atoms with Gasteiger partial charge in [-0.05, 0) is 12.6 Å². The van der Waals surface area contributed by atoms with Crippen LogP contribution in [0.4, 0.5) is 0 Å². The Balaban J connectivity index is 1.70. The van der Waals surface area contributed by atoms with Crippen molar-refractivity contribution in [3.8, 4) is 0 Å². The summed E-state index contributed by atoms with van der Waals surface area (Å²) in [5.41, 5.74) is 6.80. The van der Waals surface area contributed by atoms with Gasteiger partial charge in [0.15, 0.2) is 0 Å². The van der Waals surface area contributed by atoms with E-state index in [9.17, 15) is 4.79 Å². The van der Waals surface area contributed by atoms with Crippen molar-refractivity contribution in [1.29, 1.82) is 0 Å². The topological polar surface area (TPSA) is 61.6 Å². The maximum atomic E-state index is 12.0. The summed E-state index contributed by atoms with van der Waals surface area (Å²) < 4.78 is 0. The van der Waals surface area contributed by atoms with Crippen molar-refractivity contribution >= 4 is 5.91 Å². The lowest BCUT2D eigenvalue weighted by atomic mass is 10.1. The van der Waals surface area contributed by atoms with Crippen LogP contribution in [0.15, 0.2) is 30.3 Å². The van der Waals surface area contributed by atoms with Gasteiger partial charge in [0.2, 0.25) is 5.91 Å². The van der Waals surface area contributed by atoms with Crippen LogP contribution in [0.25, 0.3) is 0 Å². The first-order chi connectivity index (χ1) is 9.66. The molecule has 0 aliphatic carbocycles. The van der Waals surface area contributed by atoms with E-state index in [1.165, 1.54) is 0 Å². The standard InChI is InChI=1S/C15H24N4O/c1-18-9-11-19(12-10-18)8-7-17-15(20)14(16)13-5-3-2-4-6-13/h2-6,14H,7-12,16H2,1H3,(H,17,20)/t14-/m1/s1. The summed E-state index contributed by atoms with van der Waals surface area (Å²) in [5, 5.41) is 2.92. The fourth-order valence-corrected chi connectivity index (χ4v) is 2.33. The van der Waals surface area contributed by atoms with E-state index in [4.69, 9.17) is 5.73 Å². The number of piperazine rings is 1. The maximum absolute atomic E-state index is 12.0. The quantitative estimate of drug-likeness (QED) is 0.798. The molecule has 110 valence electrons. The summed E-state index contributed by atoms with van der Waals surface area (Å²) >= 11 is 0. The molecule has 1 aliphatic heterocycles. The second-order valence-electron chi connectivity index (χ2n) is 5.32. The zero-order chi connectivity index (χ0) is 14.4. The van der Waals surface area contributed by atoms with Gasteiger partial charge < -0.3 is 16.0 Å². The molecule has 1 aliphatic rings. The van der Waals surface area contributed by atoms with Crippen LogP contribution < -0.4 is 11.1 Å². The Kier molecular flexibility index (Phi) is 5.52. The third-order valence-corrected chi connectivity index (χ3v) is 3.76. The average molecular weight is 276 g/mol. The summed E-state index contributed by atoms with van der Waals surface area (Å²) in [4.78, 5) is 16.7. The molecule has 5 nitrogen and oxygen atoms in total. The molecule has 1 aromatic carbocycles. The van der Waals surface area contributed by atoms with E-state index in [-0.39, 0.29) is 5.91 Å². The van der Waals surface area contributed by atoms with Crippen LogP contribution in [-0.4, -0.2) is 62.0 Å². The molecule has 0 saturated carbocycles. The number of carbonyl (C=O) groups excluding carboxylic acids is 1. The van der Waals surface area contributed by atoms with Crippen molar-refractivity contribution in [3.63, 3.8) is 0 Å². The summed E-state index contributed by atoms with van der Waals surface area (Å²) in [6.45, 7) is 5.87. The van der Waals surface area contributed by atoms with Crippen molar-refractivity contribution in [2.75, 3.05) is 46.3 Å². The highest BCUT2D eigenvalue weighted by atomic mass is 16.2. The molecular formula is C15H24N4O. The molecule has 2 rings (SSSR count). The molecule has 0 spiro atoms. The minimum Gasteiger partial charge on any atom is -0.353 e. The number of amides is 1. The Morgan fingerprint density at radius 2 is 1.90 bits per heavy atom. The smallest absolute Gasteiger partial charge is 0.241 e. The van der Waals surface area contributed by atoms with E-state index in [1.807, 2.05) is 30.3 Å². The van der Waals surface area contributed by atoms with Gasteiger partial charge in [-0.3, -0.25) is 9.69 Å². The first-order valence-corrected chi connectivity index (χ1v) is 7.16. The predicted octanol–water partition coefficient (Wildman–Crippen LogP) is 0.0500. The number of nitrogens with one attached hydrogen (secondary N) is 1. The molecule has 1 atom stereocenters. The molecule has 1 fully saturated rings. The van der Waals surface area contributed by atoms with Crippen molar-refractivity contribution in [1.82, 2.24) is 15.1 Å². The number of carbonyl (C=O) groups is 1. The fourth-order valence-electron chi connectivity index (χ4n) is 2.33. The minimum absolute atomic E-state index is 0.106. The molecule has 0 radical (unpaired) electrons. The van der Waals surface area contributed by atoms with Gasteiger partial charge in [-0.25, -0.2) is 0 Å². The summed E-state index contributed by atoms with van der Waals surface area (Å²) in [6.07, 6.45) is 0. The highest BCUT2D eigenvalue weighted by molar-refractivity contribution is 5.82. The van der Waals surface area contributed by atoms with Crippen LogP contribution in [0, 0.1) is 0 Å². The number of hydrogen-bond acceptors (Lipinski definition) is 4. The van der Waals surface area contributed by atoms with E-state index in [2.05, 4.69) is 22.2 Å². The van der Waals surface area contributed by atoms with Crippen LogP contribution in [0.3, 0.4) is 0 Å². The van der Waals surface area contributed by atoms with Crippen LogP contribution in [0.2, 0.25) is 0 Å². The molecule has 20 heavy (non-hydrogen) atoms. The van der Waals surface area contributed by atoms with Gasteiger partial charge in [-0.15, -0.1) is 0 Å². The van der Waals surface area contributed by atoms with Crippen molar-refractivity contribution in [2.45, 2.75) is 6.04 Å². The van der Waals surface area contributed by atoms with E-state index in [1.54, 1.807) is 0 Å². The zero-order valence-corrected chi connectivity index (χ0v) is 12.1. The van der Waals surface area contributed by atoms with Gasteiger partial charge in [-0.1, -0.05) is 30.3 Å². The lowest BCUT2D eigenvalue weighted by molar-refractivity contribution is -0.122. The highest BCUT2D eigenvalue weighted by Crippen LogP contribution is 2.08. The first-order valence-electron chi connectivity index (χ1n) is 7.16. The van der Waals surface area contributed by atoms with Crippen LogP contribution in [-0.2, 0) is 4.79 Å². The highest BCUT2D eigenvalue weighted by Gasteiger charge is 2.16. The van der Waals surface area contributed by atoms with Gasteiger partial charge in [0.05, 0.1) is 0 Å². The van der Waals surface area contributed by atoms with Crippen LogP contribution in [0.1, 0.15) is 11.6 Å². The molecule has 5 heteroatoms.